The molecule has 0 aliphatic heterocycles. The third-order valence-corrected chi connectivity index (χ3v) is 1.91. The van der Waals surface area contributed by atoms with E-state index in [1.54, 1.807) is 12.1 Å². The maximum Gasteiger partial charge on any atom is 0.489 e. The quantitative estimate of drug-likeness (QED) is 0.378. The molecule has 14 heavy (non-hydrogen) atoms. The minimum atomic E-state index is -1.64. The van der Waals surface area contributed by atoms with Gasteiger partial charge in [0.2, 0.25) is 0 Å². The summed E-state index contributed by atoms with van der Waals surface area (Å²) in [6, 6.07) is 4.83. The van der Waals surface area contributed by atoms with Crippen LogP contribution in [0.4, 0.5) is 0 Å². The molecule has 0 aliphatic rings. The fourth-order valence-electron chi connectivity index (χ4n) is 1.26. The topological polar surface area (TPSA) is 69.9 Å². The highest BCUT2D eigenvalue weighted by Crippen LogP contribution is 2.05. The van der Waals surface area contributed by atoms with Crippen molar-refractivity contribution in [2.24, 2.45) is 4.99 Å². The van der Waals surface area contributed by atoms with Crippen LogP contribution < -0.4 is 5.46 Å². The van der Waals surface area contributed by atoms with Gasteiger partial charge in [-0.3, -0.25) is 9.79 Å². The maximum absolute atomic E-state index is 10.7. The summed E-state index contributed by atoms with van der Waals surface area (Å²) in [6.45, 7) is 3.60. The number of nitrogens with zero attached hydrogens (tertiary/aromatic N) is 1. The number of benzene rings is 1. The molecule has 4 nitrogen and oxygen atoms in total. The molecule has 2 N–H and O–H groups in total. The molecule has 0 radical (unpaired) electrons. The Morgan fingerprint density at radius 3 is 2.71 bits per heavy atom. The predicted octanol–water partition coefficient (Wildman–Crippen LogP) is -0.620. The molecule has 0 spiro atoms. The molecule has 0 saturated carbocycles. The summed E-state index contributed by atoms with van der Waals surface area (Å²) in [6.07, 6.45) is 0.593. The Morgan fingerprint density at radius 1 is 1.50 bits per heavy atom. The van der Waals surface area contributed by atoms with E-state index in [0.29, 0.717) is 11.8 Å². The van der Waals surface area contributed by atoms with E-state index in [4.69, 9.17) is 10.0 Å². The lowest BCUT2D eigenvalue weighted by atomic mass is 9.76. The van der Waals surface area contributed by atoms with Crippen molar-refractivity contribution < 1.29 is 14.8 Å². The van der Waals surface area contributed by atoms with Crippen LogP contribution >= 0.6 is 0 Å². The van der Waals surface area contributed by atoms with Gasteiger partial charge in [0.05, 0.1) is 6.54 Å². The zero-order chi connectivity index (χ0) is 10.6. The second-order valence-corrected chi connectivity index (χ2v) is 2.79. The van der Waals surface area contributed by atoms with Crippen molar-refractivity contribution in [3.63, 3.8) is 0 Å². The van der Waals surface area contributed by atoms with Crippen molar-refractivity contribution in [1.29, 1.82) is 0 Å². The summed E-state index contributed by atoms with van der Waals surface area (Å²) >= 11 is 0. The summed E-state index contributed by atoms with van der Waals surface area (Å²) in [4.78, 5) is 14.4. The number of carbonyl (C=O) groups excluding carboxylic acids is 1. The molecule has 0 aliphatic carbocycles. The Balaban J connectivity index is 3.24. The second kappa shape index (κ2) is 4.69. The molecule has 0 saturated heterocycles. The first kappa shape index (κ1) is 10.6. The monoisotopic (exact) mass is 191 g/mol. The predicted molar refractivity (Wildman–Crippen MR) is 54.9 cm³/mol. The van der Waals surface area contributed by atoms with Crippen LogP contribution in [0.1, 0.15) is 15.9 Å². The molecule has 1 rings (SSSR count). The number of aliphatic imine (C=N–C) groups is 1. The first-order chi connectivity index (χ1) is 6.70. The van der Waals surface area contributed by atoms with Crippen molar-refractivity contribution >= 4 is 25.6 Å². The van der Waals surface area contributed by atoms with Gasteiger partial charge in [-0.25, -0.2) is 0 Å². The molecule has 0 fully saturated rings. The molecule has 0 bridgehead atoms. The third kappa shape index (κ3) is 2.07. The number of carbonyl (C=O) groups is 1. The third-order valence-electron chi connectivity index (χ3n) is 1.91. The van der Waals surface area contributed by atoms with E-state index in [1.807, 2.05) is 0 Å². The lowest BCUT2D eigenvalue weighted by molar-refractivity contribution is 0.112. The molecule has 0 heterocycles. The average molecular weight is 191 g/mol. The second-order valence-electron chi connectivity index (χ2n) is 2.79. The van der Waals surface area contributed by atoms with Crippen molar-refractivity contribution in [3.8, 4) is 0 Å². The maximum atomic E-state index is 10.7. The van der Waals surface area contributed by atoms with Gasteiger partial charge >= 0.3 is 7.12 Å². The Kier molecular flexibility index (Phi) is 3.56. The fourth-order valence-corrected chi connectivity index (χ4v) is 1.26. The highest BCUT2D eigenvalue weighted by molar-refractivity contribution is 6.60. The van der Waals surface area contributed by atoms with Gasteiger partial charge in [-0.2, -0.15) is 0 Å². The summed E-state index contributed by atoms with van der Waals surface area (Å²) in [5.74, 6) is 0. The Hall–Kier alpha value is -1.46. The van der Waals surface area contributed by atoms with Gasteiger partial charge in [0.1, 0.15) is 6.29 Å². The van der Waals surface area contributed by atoms with Gasteiger partial charge in [0.15, 0.2) is 0 Å². The summed E-state index contributed by atoms with van der Waals surface area (Å²) in [5.41, 5.74) is 1.11. The van der Waals surface area contributed by atoms with Crippen LogP contribution in [0.2, 0.25) is 0 Å². The summed E-state index contributed by atoms with van der Waals surface area (Å²) < 4.78 is 0. The number of hydrogen-bond donors (Lipinski definition) is 2. The summed E-state index contributed by atoms with van der Waals surface area (Å²) in [7, 11) is -1.64. The van der Waals surface area contributed by atoms with Crippen molar-refractivity contribution in [2.75, 3.05) is 0 Å². The lowest BCUT2D eigenvalue weighted by Crippen LogP contribution is -2.33. The molecular formula is C9H10BNO3. The minimum Gasteiger partial charge on any atom is -0.423 e. The van der Waals surface area contributed by atoms with E-state index in [2.05, 4.69) is 11.7 Å². The van der Waals surface area contributed by atoms with Crippen LogP contribution in [0, 0.1) is 0 Å². The number of rotatable bonds is 4. The zero-order valence-electron chi connectivity index (χ0n) is 7.55. The van der Waals surface area contributed by atoms with Crippen molar-refractivity contribution in [3.05, 3.63) is 29.3 Å². The normalized spacial score (nSPS) is 9.57. The van der Waals surface area contributed by atoms with E-state index in [1.165, 1.54) is 6.07 Å². The molecule has 72 valence electrons. The minimum absolute atomic E-state index is 0.196. The SMILES string of the molecule is C=NCc1cccc(B(O)O)c1C=O. The van der Waals surface area contributed by atoms with Gasteiger partial charge < -0.3 is 10.0 Å². The molecular weight excluding hydrogens is 181 g/mol. The largest absolute Gasteiger partial charge is 0.489 e. The van der Waals surface area contributed by atoms with Crippen molar-refractivity contribution in [2.45, 2.75) is 6.54 Å². The van der Waals surface area contributed by atoms with E-state index in [-0.39, 0.29) is 17.6 Å². The molecule has 0 aromatic heterocycles. The summed E-state index contributed by atoms with van der Waals surface area (Å²) in [5, 5.41) is 18.0. The average Bonchev–Trinajstić information content (AvgIpc) is 2.18. The molecule has 5 heteroatoms. The van der Waals surface area contributed by atoms with E-state index < -0.39 is 7.12 Å². The van der Waals surface area contributed by atoms with Gasteiger partial charge in [-0.05, 0) is 17.7 Å². The number of hydrogen-bond acceptors (Lipinski definition) is 4. The van der Waals surface area contributed by atoms with Crippen LogP contribution in [0.5, 0.6) is 0 Å². The van der Waals surface area contributed by atoms with E-state index in [9.17, 15) is 4.79 Å². The van der Waals surface area contributed by atoms with Crippen molar-refractivity contribution in [1.82, 2.24) is 0 Å². The van der Waals surface area contributed by atoms with Gasteiger partial charge in [-0.1, -0.05) is 18.2 Å². The lowest BCUT2D eigenvalue weighted by Gasteiger charge is -2.07. The van der Waals surface area contributed by atoms with Crippen LogP contribution in [0.15, 0.2) is 23.2 Å². The van der Waals surface area contributed by atoms with E-state index >= 15 is 0 Å². The fraction of sp³-hybridized carbons (Fsp3) is 0.111. The molecule has 0 amide bonds. The first-order valence-corrected chi connectivity index (χ1v) is 4.06. The zero-order valence-corrected chi connectivity index (χ0v) is 7.55. The smallest absolute Gasteiger partial charge is 0.423 e. The van der Waals surface area contributed by atoms with Gasteiger partial charge in [0.25, 0.3) is 0 Å². The van der Waals surface area contributed by atoms with Crippen LogP contribution in [-0.2, 0) is 6.54 Å². The van der Waals surface area contributed by atoms with E-state index in [0.717, 1.165) is 0 Å². The molecule has 1 aromatic carbocycles. The standard InChI is InChI=1S/C9H10BNO3/c1-11-5-7-3-2-4-9(10(13)14)8(7)6-12/h2-4,6,13-14H,1,5H2. The van der Waals surface area contributed by atoms with Crippen LogP contribution in [0.25, 0.3) is 0 Å². The Morgan fingerprint density at radius 2 is 2.21 bits per heavy atom. The Labute approximate surface area is 82.1 Å². The molecule has 1 aromatic rings. The van der Waals surface area contributed by atoms with Crippen LogP contribution in [0.3, 0.4) is 0 Å². The Bertz CT molecular complexity index is 352. The van der Waals surface area contributed by atoms with Gasteiger partial charge in [-0.15, -0.1) is 0 Å². The van der Waals surface area contributed by atoms with Crippen LogP contribution in [-0.4, -0.2) is 30.2 Å². The highest BCUT2D eigenvalue weighted by Gasteiger charge is 2.17. The molecule has 0 unspecified atom stereocenters. The highest BCUT2D eigenvalue weighted by atomic mass is 16.4. The molecule has 0 atom stereocenters. The first-order valence-electron chi connectivity index (χ1n) is 4.06. The number of aldehydes is 1. The van der Waals surface area contributed by atoms with Gasteiger partial charge in [0, 0.05) is 5.56 Å².